The second-order valence-corrected chi connectivity index (χ2v) is 10.7. The molecule has 0 aromatic heterocycles. The predicted octanol–water partition coefficient (Wildman–Crippen LogP) is 4.15. The van der Waals surface area contributed by atoms with Gasteiger partial charge in [0, 0.05) is 0 Å². The molecule has 2 nitrogen and oxygen atoms in total. The van der Waals surface area contributed by atoms with Crippen molar-refractivity contribution in [1.29, 1.82) is 0 Å². The number of carbonyl (C=O) groups is 1. The van der Waals surface area contributed by atoms with Crippen LogP contribution in [0.3, 0.4) is 0 Å². The first kappa shape index (κ1) is 19.8. The Morgan fingerprint density at radius 2 is 1.19 bits per heavy atom. The standard InChI is InChI=1S/C22H20NOPS2/c1-27-22(26)21(23-17-24)25(18-11-5-2-6-12-18,19-13-7-3-8-14-19)20-15-9-4-10-16-20/h2-17H,1H3,(H-,23,24,26)/p+1/b22-21+. The van der Waals surface area contributed by atoms with Crippen LogP contribution in [0.2, 0.25) is 0 Å². The Morgan fingerprint density at radius 3 is 1.48 bits per heavy atom. The van der Waals surface area contributed by atoms with Crippen molar-refractivity contribution in [1.82, 2.24) is 5.32 Å². The summed E-state index contributed by atoms with van der Waals surface area (Å²) >= 11 is 6.29. The second kappa shape index (κ2) is 9.27. The van der Waals surface area contributed by atoms with E-state index in [1.807, 2.05) is 60.9 Å². The fraction of sp³-hybridized carbons (Fsp3) is 0.0455. The fourth-order valence-electron chi connectivity index (χ4n) is 3.24. The third kappa shape index (κ3) is 3.84. The molecule has 3 aromatic rings. The van der Waals surface area contributed by atoms with E-state index in [2.05, 4.69) is 41.7 Å². The first-order valence-electron chi connectivity index (χ1n) is 8.49. The Hall–Kier alpha value is -2.00. The maximum atomic E-state index is 11.6. The minimum atomic E-state index is -2.31. The second-order valence-electron chi connectivity index (χ2n) is 5.80. The van der Waals surface area contributed by atoms with E-state index in [1.54, 1.807) is 0 Å². The lowest BCUT2D eigenvalue weighted by Crippen LogP contribution is -2.36. The van der Waals surface area contributed by atoms with Gasteiger partial charge >= 0.3 is 0 Å². The molecular formula is C22H21NOPS2+. The van der Waals surface area contributed by atoms with Gasteiger partial charge in [-0.3, -0.25) is 10.1 Å². The minimum Gasteiger partial charge on any atom is -0.297 e. The van der Waals surface area contributed by atoms with Crippen molar-refractivity contribution in [3.05, 3.63) is 101 Å². The molecule has 1 amide bonds. The van der Waals surface area contributed by atoms with Gasteiger partial charge < -0.3 is 0 Å². The van der Waals surface area contributed by atoms with E-state index in [0.29, 0.717) is 0 Å². The van der Waals surface area contributed by atoms with Gasteiger partial charge in [0.25, 0.3) is 0 Å². The van der Waals surface area contributed by atoms with Gasteiger partial charge in [0.1, 0.15) is 15.9 Å². The summed E-state index contributed by atoms with van der Waals surface area (Å²) in [5, 5.41) is 6.54. The molecule has 0 heterocycles. The van der Waals surface area contributed by atoms with E-state index in [1.165, 1.54) is 27.7 Å². The highest BCUT2D eigenvalue weighted by Crippen LogP contribution is 2.63. The Kier molecular flexibility index (Phi) is 6.78. The zero-order valence-electron chi connectivity index (χ0n) is 14.9. The molecule has 1 N–H and O–H groups in total. The van der Waals surface area contributed by atoms with Crippen LogP contribution in [0.25, 0.3) is 0 Å². The largest absolute Gasteiger partial charge is 0.297 e. The van der Waals surface area contributed by atoms with E-state index >= 15 is 0 Å². The molecule has 0 atom stereocenters. The van der Waals surface area contributed by atoms with Gasteiger partial charge in [0.05, 0.1) is 4.24 Å². The molecule has 0 fully saturated rings. The SMILES string of the molecule is CS/C(S)=C(\NC=O)[P+](c1ccccc1)(c1ccccc1)c1ccccc1. The Morgan fingerprint density at radius 1 is 0.815 bits per heavy atom. The molecule has 27 heavy (non-hydrogen) atoms. The van der Waals surface area contributed by atoms with Crippen LogP contribution >= 0.6 is 31.7 Å². The number of thiol groups is 1. The van der Waals surface area contributed by atoms with Gasteiger partial charge in [-0.1, -0.05) is 54.6 Å². The lowest BCUT2D eigenvalue weighted by Gasteiger charge is -2.29. The summed E-state index contributed by atoms with van der Waals surface area (Å²) in [5.74, 6) is 0. The average Bonchev–Trinajstić information content (AvgIpc) is 2.75. The van der Waals surface area contributed by atoms with E-state index in [-0.39, 0.29) is 0 Å². The van der Waals surface area contributed by atoms with Gasteiger partial charge in [0.2, 0.25) is 6.41 Å². The molecule has 0 aliphatic carbocycles. The molecule has 0 aliphatic rings. The highest BCUT2D eigenvalue weighted by atomic mass is 32.2. The van der Waals surface area contributed by atoms with Crippen LogP contribution in [0.15, 0.2) is 101 Å². The molecule has 3 aromatic carbocycles. The monoisotopic (exact) mass is 410 g/mol. The highest BCUT2D eigenvalue weighted by molar-refractivity contribution is 8.16. The number of rotatable bonds is 7. The molecule has 5 heteroatoms. The number of thioether (sulfide) groups is 1. The van der Waals surface area contributed by atoms with Gasteiger partial charge in [0.15, 0.2) is 12.7 Å². The molecule has 136 valence electrons. The molecule has 3 rings (SSSR count). The summed E-state index contributed by atoms with van der Waals surface area (Å²) in [5.41, 5.74) is 0.858. The molecule has 0 bridgehead atoms. The van der Waals surface area contributed by atoms with Crippen LogP contribution in [-0.4, -0.2) is 12.7 Å². The van der Waals surface area contributed by atoms with Gasteiger partial charge in [-0.15, -0.1) is 24.4 Å². The van der Waals surface area contributed by atoms with E-state index in [0.717, 1.165) is 16.1 Å². The molecule has 0 aliphatic heterocycles. The van der Waals surface area contributed by atoms with Crippen molar-refractivity contribution in [3.8, 4) is 0 Å². The van der Waals surface area contributed by atoms with E-state index in [4.69, 9.17) is 12.6 Å². The Balaban J connectivity index is 2.49. The molecule has 0 spiro atoms. The summed E-state index contributed by atoms with van der Waals surface area (Å²) < 4.78 is 0.812. The predicted molar refractivity (Wildman–Crippen MR) is 124 cm³/mol. The molecular weight excluding hydrogens is 389 g/mol. The number of amides is 1. The Bertz CT molecular complexity index is 818. The van der Waals surface area contributed by atoms with Gasteiger partial charge in [-0.2, -0.15) is 0 Å². The maximum Gasteiger partial charge on any atom is 0.214 e. The number of nitrogens with one attached hydrogen (secondary N) is 1. The van der Waals surface area contributed by atoms with Crippen LogP contribution in [0, 0.1) is 0 Å². The third-order valence-electron chi connectivity index (χ3n) is 4.36. The number of hydrogen-bond acceptors (Lipinski definition) is 3. The van der Waals surface area contributed by atoms with Crippen molar-refractivity contribution in [2.45, 2.75) is 0 Å². The fourth-order valence-corrected chi connectivity index (χ4v) is 8.76. The van der Waals surface area contributed by atoms with Crippen LogP contribution in [0.1, 0.15) is 0 Å². The Labute approximate surface area is 170 Å². The maximum absolute atomic E-state index is 11.6. The van der Waals surface area contributed by atoms with Gasteiger partial charge in [-0.25, -0.2) is 0 Å². The van der Waals surface area contributed by atoms with E-state index in [9.17, 15) is 4.79 Å². The summed E-state index contributed by atoms with van der Waals surface area (Å²) in [6, 6.07) is 31.2. The molecule has 0 unspecified atom stereocenters. The first-order valence-corrected chi connectivity index (χ1v) is 11.9. The lowest BCUT2D eigenvalue weighted by molar-refractivity contribution is -0.108. The summed E-state index contributed by atoms with van der Waals surface area (Å²) in [6.45, 7) is 0. The number of hydrogen-bond donors (Lipinski definition) is 2. The topological polar surface area (TPSA) is 29.1 Å². The molecule has 0 radical (unpaired) electrons. The highest BCUT2D eigenvalue weighted by Gasteiger charge is 2.51. The normalized spacial score (nSPS) is 12.2. The van der Waals surface area contributed by atoms with Crippen molar-refractivity contribution < 1.29 is 4.79 Å². The molecule has 0 saturated carbocycles. The quantitative estimate of drug-likeness (QED) is 0.348. The van der Waals surface area contributed by atoms with Crippen molar-refractivity contribution in [2.75, 3.05) is 6.26 Å². The van der Waals surface area contributed by atoms with Crippen LogP contribution in [0.4, 0.5) is 0 Å². The number of carbonyl (C=O) groups excluding carboxylic acids is 1. The summed E-state index contributed by atoms with van der Waals surface area (Å²) in [7, 11) is -2.31. The van der Waals surface area contributed by atoms with Crippen LogP contribution < -0.4 is 21.2 Å². The summed E-state index contributed by atoms with van der Waals surface area (Å²) in [4.78, 5) is 11.6. The third-order valence-corrected chi connectivity index (χ3v) is 10.3. The molecule has 0 saturated heterocycles. The van der Waals surface area contributed by atoms with Crippen molar-refractivity contribution >= 4 is 54.0 Å². The van der Waals surface area contributed by atoms with Crippen LogP contribution in [-0.2, 0) is 4.79 Å². The first-order chi connectivity index (χ1) is 13.2. The lowest BCUT2D eigenvalue weighted by atomic mass is 10.4. The summed E-state index contributed by atoms with van der Waals surface area (Å²) in [6.07, 6.45) is 2.73. The smallest absolute Gasteiger partial charge is 0.214 e. The van der Waals surface area contributed by atoms with Crippen LogP contribution in [0.5, 0.6) is 0 Å². The van der Waals surface area contributed by atoms with E-state index < -0.39 is 7.26 Å². The average molecular weight is 411 g/mol. The zero-order valence-corrected chi connectivity index (χ0v) is 17.6. The minimum absolute atomic E-state index is 0.755. The van der Waals surface area contributed by atoms with Crippen molar-refractivity contribution in [3.63, 3.8) is 0 Å². The zero-order chi connectivity index (χ0) is 19.1. The van der Waals surface area contributed by atoms with Crippen molar-refractivity contribution in [2.24, 2.45) is 0 Å². The van der Waals surface area contributed by atoms with Gasteiger partial charge in [-0.05, 0) is 42.7 Å². The number of benzene rings is 3.